The smallest absolute Gasteiger partial charge is 0.355 e. The van der Waals surface area contributed by atoms with Crippen LogP contribution in [-0.2, 0) is 28.5 Å². The number of rotatable bonds is 8. The van der Waals surface area contributed by atoms with Crippen molar-refractivity contribution in [3.05, 3.63) is 83.4 Å². The molecule has 6 nitrogen and oxygen atoms in total. The van der Waals surface area contributed by atoms with Crippen LogP contribution < -0.4 is 16.0 Å². The maximum atomic E-state index is 13.2. The van der Waals surface area contributed by atoms with Gasteiger partial charge in [-0.1, -0.05) is 48.5 Å². The number of amides is 2. The molecule has 1 aliphatic heterocycles. The van der Waals surface area contributed by atoms with Crippen molar-refractivity contribution in [1.82, 2.24) is 20.9 Å². The molecule has 0 radical (unpaired) electrons. The first kappa shape index (κ1) is 33.9. The molecule has 0 saturated carbocycles. The number of fused-ring (bicyclic) bond motifs is 1. The fourth-order valence-electron chi connectivity index (χ4n) is 4.82. The van der Waals surface area contributed by atoms with Gasteiger partial charge in [-0.15, -0.1) is 0 Å². The van der Waals surface area contributed by atoms with Gasteiger partial charge < -0.3 is 20.9 Å². The molecule has 2 amide bonds. The molecule has 3 N–H and O–H groups in total. The van der Waals surface area contributed by atoms with Crippen LogP contribution >= 0.6 is 0 Å². The molecule has 234 valence electrons. The summed E-state index contributed by atoms with van der Waals surface area (Å²) in [5, 5.41) is 11.4. The van der Waals surface area contributed by atoms with Gasteiger partial charge in [0.2, 0.25) is 11.8 Å². The second-order valence-corrected chi connectivity index (χ2v) is 10.4. The van der Waals surface area contributed by atoms with Gasteiger partial charge in [-0.2, -0.15) is 26.3 Å². The van der Waals surface area contributed by atoms with Gasteiger partial charge in [0, 0.05) is 32.6 Å². The highest BCUT2D eigenvalue weighted by molar-refractivity contribution is 5.82. The van der Waals surface area contributed by atoms with E-state index in [-0.39, 0.29) is 43.2 Å². The lowest BCUT2D eigenvalue weighted by molar-refractivity contribution is -0.143. The van der Waals surface area contributed by atoms with Crippen LogP contribution in [-0.4, -0.2) is 55.5 Å². The van der Waals surface area contributed by atoms with Crippen molar-refractivity contribution in [2.45, 2.75) is 57.2 Å². The van der Waals surface area contributed by atoms with Crippen LogP contribution in [0.5, 0.6) is 0 Å². The molecule has 2 atom stereocenters. The summed E-state index contributed by atoms with van der Waals surface area (Å²) in [6.45, 7) is 1.97. The van der Waals surface area contributed by atoms with Gasteiger partial charge in [-0.25, -0.2) is 0 Å². The largest absolute Gasteiger partial charge is 0.416 e. The molecule has 4 rings (SSSR count). The standard InChI is InChI=1S/C21H28F6N4O2.C10H8/c1-13(32)29-11-17-5-7-31(19(33)18(30-17)4-3-6-28-2)12-14-8-15(20(22,23)24)10-16(9-14)21(25,26)27;1-2-6-10-8-4-3-7-9(10)5-1/h8-10,17-18,28,30H,3-7,11-12H2,1-2H3,(H,29,32);1-8H. The third-order valence-electron chi connectivity index (χ3n) is 6.99. The van der Waals surface area contributed by atoms with E-state index in [2.05, 4.69) is 64.5 Å². The number of hydrogen-bond acceptors (Lipinski definition) is 4. The van der Waals surface area contributed by atoms with E-state index in [9.17, 15) is 35.9 Å². The van der Waals surface area contributed by atoms with Gasteiger partial charge in [0.05, 0.1) is 17.2 Å². The quantitative estimate of drug-likeness (QED) is 0.224. The summed E-state index contributed by atoms with van der Waals surface area (Å²) < 4.78 is 79.2. The van der Waals surface area contributed by atoms with Crippen molar-refractivity contribution >= 4 is 22.6 Å². The SMILES string of the molecule is CNCCCC1NC(CNC(C)=O)CCN(Cc2cc(C(F)(F)F)cc(C(F)(F)F)c2)C1=O.c1ccc2ccccc2c1. The van der Waals surface area contributed by atoms with Crippen molar-refractivity contribution in [3.8, 4) is 0 Å². The van der Waals surface area contributed by atoms with Crippen molar-refractivity contribution in [2.24, 2.45) is 0 Å². The van der Waals surface area contributed by atoms with E-state index in [0.717, 1.165) is 0 Å². The highest BCUT2D eigenvalue weighted by Crippen LogP contribution is 2.36. The molecule has 1 saturated heterocycles. The number of halogens is 6. The van der Waals surface area contributed by atoms with Gasteiger partial charge in [0.1, 0.15) is 0 Å². The normalized spacial score (nSPS) is 17.7. The topological polar surface area (TPSA) is 73.5 Å². The first-order valence-electron chi connectivity index (χ1n) is 13.9. The molecule has 0 spiro atoms. The third kappa shape index (κ3) is 10.5. The number of carbonyl (C=O) groups excluding carboxylic acids is 2. The zero-order chi connectivity index (χ0) is 31.6. The average Bonchev–Trinajstić information content (AvgIpc) is 3.10. The van der Waals surface area contributed by atoms with Crippen LogP contribution in [0.2, 0.25) is 0 Å². The summed E-state index contributed by atoms with van der Waals surface area (Å²) in [7, 11) is 1.75. The number of alkyl halides is 6. The van der Waals surface area contributed by atoms with Crippen molar-refractivity contribution in [3.63, 3.8) is 0 Å². The zero-order valence-corrected chi connectivity index (χ0v) is 24.0. The highest BCUT2D eigenvalue weighted by Gasteiger charge is 2.37. The lowest BCUT2D eigenvalue weighted by Gasteiger charge is -2.25. The zero-order valence-electron chi connectivity index (χ0n) is 24.0. The summed E-state index contributed by atoms with van der Waals surface area (Å²) in [5.74, 6) is -0.651. The van der Waals surface area contributed by atoms with Crippen LogP contribution in [0.4, 0.5) is 26.3 Å². The number of hydrogen-bond donors (Lipinski definition) is 3. The molecule has 1 fully saturated rings. The number of nitrogens with one attached hydrogen (secondary N) is 3. The Morgan fingerprint density at radius 3 is 1.93 bits per heavy atom. The Labute approximate surface area is 246 Å². The molecular formula is C31H36F6N4O2. The highest BCUT2D eigenvalue weighted by atomic mass is 19.4. The van der Waals surface area contributed by atoms with E-state index in [0.29, 0.717) is 37.9 Å². The van der Waals surface area contributed by atoms with Crippen LogP contribution in [0, 0.1) is 0 Å². The minimum absolute atomic E-state index is 0.0688. The molecule has 0 aliphatic carbocycles. The summed E-state index contributed by atoms with van der Waals surface area (Å²) in [6, 6.07) is 17.1. The molecular weight excluding hydrogens is 574 g/mol. The summed E-state index contributed by atoms with van der Waals surface area (Å²) in [6.07, 6.45) is -8.50. The van der Waals surface area contributed by atoms with Crippen molar-refractivity contribution in [1.29, 1.82) is 0 Å². The Balaban J connectivity index is 0.000000420. The van der Waals surface area contributed by atoms with E-state index in [1.807, 2.05) is 0 Å². The summed E-state index contributed by atoms with van der Waals surface area (Å²) in [4.78, 5) is 25.6. The van der Waals surface area contributed by atoms with E-state index < -0.39 is 35.4 Å². The third-order valence-corrected chi connectivity index (χ3v) is 6.99. The molecule has 1 aliphatic rings. The number of benzene rings is 3. The first-order valence-corrected chi connectivity index (χ1v) is 13.9. The van der Waals surface area contributed by atoms with E-state index in [1.165, 1.54) is 22.6 Å². The molecule has 43 heavy (non-hydrogen) atoms. The number of carbonyl (C=O) groups is 2. The fraction of sp³-hybridized carbons (Fsp3) is 0.419. The van der Waals surface area contributed by atoms with Crippen molar-refractivity contribution in [2.75, 3.05) is 26.7 Å². The molecule has 2 unspecified atom stereocenters. The minimum Gasteiger partial charge on any atom is -0.355 e. The monoisotopic (exact) mass is 610 g/mol. The van der Waals surface area contributed by atoms with Crippen LogP contribution in [0.3, 0.4) is 0 Å². The van der Waals surface area contributed by atoms with E-state index in [4.69, 9.17) is 0 Å². The first-order chi connectivity index (χ1) is 20.3. The molecule has 3 aromatic carbocycles. The van der Waals surface area contributed by atoms with E-state index in [1.54, 1.807) is 7.05 Å². The molecule has 3 aromatic rings. The van der Waals surface area contributed by atoms with Gasteiger partial charge in [0.25, 0.3) is 0 Å². The van der Waals surface area contributed by atoms with Gasteiger partial charge in [-0.3, -0.25) is 9.59 Å². The molecule has 0 aromatic heterocycles. The Morgan fingerprint density at radius 1 is 0.930 bits per heavy atom. The van der Waals surface area contributed by atoms with Gasteiger partial charge in [0.15, 0.2) is 0 Å². The lowest BCUT2D eigenvalue weighted by atomic mass is 10.0. The second kappa shape index (κ2) is 15.2. The molecule has 0 bridgehead atoms. The summed E-state index contributed by atoms with van der Waals surface area (Å²) >= 11 is 0. The Hall–Kier alpha value is -3.64. The predicted octanol–water partition coefficient (Wildman–Crippen LogP) is 5.76. The Bertz CT molecular complexity index is 1260. The van der Waals surface area contributed by atoms with Gasteiger partial charge in [-0.05, 0) is 67.4 Å². The lowest BCUT2D eigenvalue weighted by Crippen LogP contribution is -2.48. The maximum absolute atomic E-state index is 13.2. The number of nitrogens with zero attached hydrogens (tertiary/aromatic N) is 1. The maximum Gasteiger partial charge on any atom is 0.416 e. The average molecular weight is 611 g/mol. The fourth-order valence-corrected chi connectivity index (χ4v) is 4.82. The van der Waals surface area contributed by atoms with Crippen molar-refractivity contribution < 1.29 is 35.9 Å². The molecule has 1 heterocycles. The van der Waals surface area contributed by atoms with E-state index >= 15 is 0 Å². The minimum atomic E-state index is -4.96. The summed E-state index contributed by atoms with van der Waals surface area (Å²) in [5.41, 5.74) is -3.08. The Morgan fingerprint density at radius 2 is 1.47 bits per heavy atom. The van der Waals surface area contributed by atoms with Crippen LogP contribution in [0.25, 0.3) is 10.8 Å². The predicted molar refractivity (Wildman–Crippen MR) is 153 cm³/mol. The second-order valence-electron chi connectivity index (χ2n) is 10.4. The van der Waals surface area contributed by atoms with Crippen LogP contribution in [0.15, 0.2) is 66.7 Å². The van der Waals surface area contributed by atoms with Gasteiger partial charge >= 0.3 is 12.4 Å². The van der Waals surface area contributed by atoms with Crippen LogP contribution in [0.1, 0.15) is 42.9 Å². The molecule has 12 heteroatoms. The Kier molecular flexibility index (Phi) is 12.0.